The van der Waals surface area contributed by atoms with Crippen LogP contribution in [0.3, 0.4) is 0 Å². The standard InChI is InChI=1S/C18H29N5O9/c1-8(24)14(20)16(29)22-10(7-12(19)25)15(28)21-9(4-5-13(26)27)17(30)23-6-2-3-11(23)18(31)32/h8-11,14,24H,2-7,20H2,1H3,(H2,19,25)(H,21,28)(H,22,29)(H,26,27)(H,31,32). The zero-order valence-corrected chi connectivity index (χ0v) is 17.5. The van der Waals surface area contributed by atoms with Gasteiger partial charge in [0.05, 0.1) is 12.5 Å². The van der Waals surface area contributed by atoms with E-state index in [-0.39, 0.29) is 19.4 Å². The van der Waals surface area contributed by atoms with Crippen molar-refractivity contribution in [1.82, 2.24) is 15.5 Å². The molecular weight excluding hydrogens is 430 g/mol. The molecule has 1 heterocycles. The van der Waals surface area contributed by atoms with Crippen molar-refractivity contribution in [2.45, 2.75) is 69.3 Å². The molecule has 1 saturated heterocycles. The minimum absolute atomic E-state index is 0.111. The lowest BCUT2D eigenvalue weighted by molar-refractivity contribution is -0.150. The van der Waals surface area contributed by atoms with Crippen LogP contribution in [0.2, 0.25) is 0 Å². The number of nitrogens with zero attached hydrogens (tertiary/aromatic N) is 1. The van der Waals surface area contributed by atoms with Crippen molar-refractivity contribution in [2.24, 2.45) is 11.5 Å². The number of primary amides is 1. The van der Waals surface area contributed by atoms with E-state index in [2.05, 4.69) is 10.6 Å². The summed E-state index contributed by atoms with van der Waals surface area (Å²) in [6.07, 6.45) is -2.17. The molecule has 0 bridgehead atoms. The molecule has 0 radical (unpaired) electrons. The van der Waals surface area contributed by atoms with Crippen molar-refractivity contribution < 1.29 is 44.1 Å². The van der Waals surface area contributed by atoms with E-state index in [4.69, 9.17) is 16.6 Å². The van der Waals surface area contributed by atoms with Crippen LogP contribution in [0.4, 0.5) is 0 Å². The maximum Gasteiger partial charge on any atom is 0.326 e. The van der Waals surface area contributed by atoms with Gasteiger partial charge in [0.1, 0.15) is 24.2 Å². The van der Waals surface area contributed by atoms with E-state index in [9.17, 15) is 39.0 Å². The Labute approximate surface area is 183 Å². The second-order valence-corrected chi connectivity index (χ2v) is 7.52. The summed E-state index contributed by atoms with van der Waals surface area (Å²) in [5, 5.41) is 32.1. The molecule has 1 fully saturated rings. The highest BCUT2D eigenvalue weighted by molar-refractivity contribution is 5.96. The first-order valence-electron chi connectivity index (χ1n) is 9.92. The van der Waals surface area contributed by atoms with Crippen molar-refractivity contribution in [3.8, 4) is 0 Å². The highest BCUT2D eigenvalue weighted by Gasteiger charge is 2.38. The van der Waals surface area contributed by atoms with Crippen molar-refractivity contribution >= 4 is 35.6 Å². The van der Waals surface area contributed by atoms with Crippen molar-refractivity contribution in [2.75, 3.05) is 6.54 Å². The summed E-state index contributed by atoms with van der Waals surface area (Å²) in [6.45, 7) is 1.35. The molecule has 0 spiro atoms. The van der Waals surface area contributed by atoms with Crippen molar-refractivity contribution in [3.05, 3.63) is 0 Å². The van der Waals surface area contributed by atoms with Gasteiger partial charge in [-0.05, 0) is 26.2 Å². The number of aliphatic hydroxyl groups excluding tert-OH is 1. The van der Waals surface area contributed by atoms with Gasteiger partial charge in [0.15, 0.2) is 0 Å². The monoisotopic (exact) mass is 459 g/mol. The van der Waals surface area contributed by atoms with Crippen LogP contribution >= 0.6 is 0 Å². The Hall–Kier alpha value is -3.26. The summed E-state index contributed by atoms with van der Waals surface area (Å²) in [5.41, 5.74) is 10.6. The van der Waals surface area contributed by atoms with E-state index in [1.54, 1.807) is 0 Å². The average molecular weight is 459 g/mol. The molecule has 1 aliphatic heterocycles. The van der Waals surface area contributed by atoms with E-state index in [1.807, 2.05) is 0 Å². The molecule has 180 valence electrons. The Morgan fingerprint density at radius 3 is 2.16 bits per heavy atom. The molecule has 0 saturated carbocycles. The van der Waals surface area contributed by atoms with Gasteiger partial charge in [-0.1, -0.05) is 0 Å². The van der Waals surface area contributed by atoms with Gasteiger partial charge < -0.3 is 42.3 Å². The molecule has 0 aromatic carbocycles. The SMILES string of the molecule is CC(O)C(N)C(=O)NC(CC(N)=O)C(=O)NC(CCC(=O)O)C(=O)N1CCCC1C(=O)O. The number of rotatable bonds is 12. The maximum absolute atomic E-state index is 12.9. The number of aliphatic carboxylic acids is 2. The number of likely N-dealkylation sites (tertiary alicyclic amines) is 1. The number of carboxylic acid groups (broad SMARTS) is 2. The molecule has 5 atom stereocenters. The highest BCUT2D eigenvalue weighted by atomic mass is 16.4. The summed E-state index contributed by atoms with van der Waals surface area (Å²) >= 11 is 0. The summed E-state index contributed by atoms with van der Waals surface area (Å²) in [5.74, 6) is -6.22. The molecule has 1 aliphatic rings. The molecule has 14 heteroatoms. The largest absolute Gasteiger partial charge is 0.481 e. The van der Waals surface area contributed by atoms with E-state index < -0.39 is 78.7 Å². The molecule has 32 heavy (non-hydrogen) atoms. The van der Waals surface area contributed by atoms with Crippen LogP contribution in [0.25, 0.3) is 0 Å². The van der Waals surface area contributed by atoms with Crippen LogP contribution in [0.1, 0.15) is 39.0 Å². The van der Waals surface area contributed by atoms with Crippen LogP contribution in [0.15, 0.2) is 0 Å². The lowest BCUT2D eigenvalue weighted by Crippen LogP contribution is -2.58. The molecule has 4 amide bonds. The first kappa shape index (κ1) is 26.8. The zero-order chi connectivity index (χ0) is 24.6. The number of amides is 4. The van der Waals surface area contributed by atoms with E-state index in [0.717, 1.165) is 4.90 Å². The third kappa shape index (κ3) is 7.77. The van der Waals surface area contributed by atoms with Crippen LogP contribution in [0.5, 0.6) is 0 Å². The van der Waals surface area contributed by atoms with E-state index in [0.29, 0.717) is 6.42 Å². The fourth-order valence-corrected chi connectivity index (χ4v) is 3.18. The van der Waals surface area contributed by atoms with Crippen molar-refractivity contribution in [1.29, 1.82) is 0 Å². The lowest BCUT2D eigenvalue weighted by Gasteiger charge is -2.28. The predicted octanol–water partition coefficient (Wildman–Crippen LogP) is -3.52. The molecular formula is C18H29N5O9. The van der Waals surface area contributed by atoms with Gasteiger partial charge in [-0.3, -0.25) is 24.0 Å². The van der Waals surface area contributed by atoms with Crippen molar-refractivity contribution in [3.63, 3.8) is 0 Å². The molecule has 14 nitrogen and oxygen atoms in total. The third-order valence-corrected chi connectivity index (χ3v) is 4.94. The number of hydrogen-bond acceptors (Lipinski definition) is 8. The highest BCUT2D eigenvalue weighted by Crippen LogP contribution is 2.19. The molecule has 1 rings (SSSR count). The first-order valence-corrected chi connectivity index (χ1v) is 9.92. The van der Waals surface area contributed by atoms with E-state index >= 15 is 0 Å². The Morgan fingerprint density at radius 2 is 1.66 bits per heavy atom. The van der Waals surface area contributed by atoms with Crippen LogP contribution < -0.4 is 22.1 Å². The molecule has 9 N–H and O–H groups in total. The Kier molecular flexibility index (Phi) is 10.00. The van der Waals surface area contributed by atoms with E-state index in [1.165, 1.54) is 6.92 Å². The molecule has 0 aromatic heterocycles. The topological polar surface area (TPSA) is 242 Å². The lowest BCUT2D eigenvalue weighted by atomic mass is 10.1. The fraction of sp³-hybridized carbons (Fsp3) is 0.667. The summed E-state index contributed by atoms with van der Waals surface area (Å²) < 4.78 is 0. The number of carbonyl (C=O) groups is 6. The Balaban J connectivity index is 3.05. The first-order chi connectivity index (χ1) is 14.8. The minimum Gasteiger partial charge on any atom is -0.481 e. The van der Waals surface area contributed by atoms with Gasteiger partial charge in [0.2, 0.25) is 23.6 Å². The number of hydrogen-bond donors (Lipinski definition) is 7. The van der Waals surface area contributed by atoms with Crippen LogP contribution in [-0.2, 0) is 28.8 Å². The van der Waals surface area contributed by atoms with Gasteiger partial charge in [-0.15, -0.1) is 0 Å². The number of aliphatic hydroxyl groups is 1. The second kappa shape index (κ2) is 12.0. The molecule has 0 aliphatic carbocycles. The number of carbonyl (C=O) groups excluding carboxylic acids is 4. The minimum atomic E-state index is -1.56. The summed E-state index contributed by atoms with van der Waals surface area (Å²) in [6, 6.07) is -5.50. The number of nitrogens with two attached hydrogens (primary N) is 2. The number of carboxylic acids is 2. The summed E-state index contributed by atoms with van der Waals surface area (Å²) in [4.78, 5) is 72.5. The summed E-state index contributed by atoms with van der Waals surface area (Å²) in [7, 11) is 0. The van der Waals surface area contributed by atoms with Gasteiger partial charge in [-0.2, -0.15) is 0 Å². The third-order valence-electron chi connectivity index (χ3n) is 4.94. The quantitative estimate of drug-likeness (QED) is 0.152. The average Bonchev–Trinajstić information content (AvgIpc) is 3.18. The van der Waals surface area contributed by atoms with Gasteiger partial charge >= 0.3 is 11.9 Å². The molecule has 5 unspecified atom stereocenters. The van der Waals surface area contributed by atoms with Gasteiger partial charge in [0, 0.05) is 13.0 Å². The molecule has 0 aromatic rings. The zero-order valence-electron chi connectivity index (χ0n) is 17.5. The second-order valence-electron chi connectivity index (χ2n) is 7.52. The van der Waals surface area contributed by atoms with Crippen LogP contribution in [-0.4, -0.2) is 92.6 Å². The fourth-order valence-electron chi connectivity index (χ4n) is 3.18. The van der Waals surface area contributed by atoms with Crippen LogP contribution in [0, 0.1) is 0 Å². The normalized spacial score (nSPS) is 19.3. The van der Waals surface area contributed by atoms with Gasteiger partial charge in [0.25, 0.3) is 0 Å². The smallest absolute Gasteiger partial charge is 0.326 e. The number of nitrogens with one attached hydrogen (secondary N) is 2. The van der Waals surface area contributed by atoms with Gasteiger partial charge in [-0.25, -0.2) is 4.79 Å². The Morgan fingerprint density at radius 1 is 1.06 bits per heavy atom. The predicted molar refractivity (Wildman–Crippen MR) is 107 cm³/mol. The Bertz CT molecular complexity index is 757. The maximum atomic E-state index is 12.9.